The number of aliphatic hydroxyl groups excluding tert-OH is 1. The summed E-state index contributed by atoms with van der Waals surface area (Å²) in [6.45, 7) is 3.23. The molecule has 0 aromatic heterocycles. The largest absolute Gasteiger partial charge is 0.479 e. The summed E-state index contributed by atoms with van der Waals surface area (Å²) in [7, 11) is 0. The van der Waals surface area contributed by atoms with Crippen LogP contribution in [0.1, 0.15) is 19.4 Å². The number of hydrogen-bond acceptors (Lipinski definition) is 4. The highest BCUT2D eigenvalue weighted by Crippen LogP contribution is 2.33. The Hall–Kier alpha value is -1.50. The van der Waals surface area contributed by atoms with Crippen LogP contribution in [0.4, 0.5) is 4.79 Å². The minimum absolute atomic E-state index is 0.155. The summed E-state index contributed by atoms with van der Waals surface area (Å²) in [6.07, 6.45) is -0.975. The maximum atomic E-state index is 11.8. The molecule has 8 heteroatoms. The summed E-state index contributed by atoms with van der Waals surface area (Å²) in [5.74, 6) is -0.474. The highest BCUT2D eigenvalue weighted by Gasteiger charge is 2.20. The molecule has 0 aliphatic carbocycles. The van der Waals surface area contributed by atoms with Crippen LogP contribution in [0.15, 0.2) is 12.1 Å². The number of carbonyl (C=O) groups is 2. The minimum Gasteiger partial charge on any atom is -0.479 e. The molecular formula is C13H16Cl2N2O4. The van der Waals surface area contributed by atoms with E-state index in [2.05, 4.69) is 10.6 Å². The molecule has 0 aliphatic heterocycles. The van der Waals surface area contributed by atoms with Crippen LogP contribution in [0, 0.1) is 0 Å². The molecule has 3 N–H and O–H groups in total. The van der Waals surface area contributed by atoms with Crippen molar-refractivity contribution in [2.75, 3.05) is 6.54 Å². The van der Waals surface area contributed by atoms with E-state index in [4.69, 9.17) is 27.9 Å². The highest BCUT2D eigenvalue weighted by atomic mass is 35.5. The Morgan fingerprint density at radius 1 is 1.38 bits per heavy atom. The van der Waals surface area contributed by atoms with Gasteiger partial charge in [0, 0.05) is 17.1 Å². The molecule has 0 aliphatic rings. The molecule has 3 amide bonds. The van der Waals surface area contributed by atoms with Crippen LogP contribution in [0.5, 0.6) is 5.75 Å². The number of aliphatic hydroxyl groups is 1. The lowest BCUT2D eigenvalue weighted by Gasteiger charge is -2.17. The quantitative estimate of drug-likeness (QED) is 0.769. The second-order valence-electron chi connectivity index (χ2n) is 4.14. The summed E-state index contributed by atoms with van der Waals surface area (Å²) in [6, 6.07) is 2.31. The van der Waals surface area contributed by atoms with Crippen molar-refractivity contribution in [3.05, 3.63) is 27.7 Å². The van der Waals surface area contributed by atoms with E-state index >= 15 is 0 Å². The first-order chi connectivity index (χ1) is 9.88. The Bertz CT molecular complexity index is 537. The second-order valence-corrected chi connectivity index (χ2v) is 4.99. The van der Waals surface area contributed by atoms with E-state index in [1.165, 1.54) is 19.1 Å². The molecule has 0 saturated carbocycles. The fraction of sp³-hybridized carbons (Fsp3) is 0.385. The van der Waals surface area contributed by atoms with Gasteiger partial charge in [0.2, 0.25) is 0 Å². The monoisotopic (exact) mass is 334 g/mol. The van der Waals surface area contributed by atoms with Gasteiger partial charge in [-0.2, -0.15) is 0 Å². The van der Waals surface area contributed by atoms with Gasteiger partial charge in [-0.1, -0.05) is 23.2 Å². The summed E-state index contributed by atoms with van der Waals surface area (Å²) in [4.78, 5) is 23.0. The third-order valence-corrected chi connectivity index (χ3v) is 2.99. The van der Waals surface area contributed by atoms with Crippen molar-refractivity contribution in [1.29, 1.82) is 0 Å². The first-order valence-electron chi connectivity index (χ1n) is 6.23. The van der Waals surface area contributed by atoms with E-state index in [0.717, 1.165) is 0 Å². The Morgan fingerprint density at radius 3 is 2.62 bits per heavy atom. The lowest BCUT2D eigenvalue weighted by atomic mass is 10.2. The molecule has 1 atom stereocenters. The second kappa shape index (κ2) is 8.07. The van der Waals surface area contributed by atoms with Gasteiger partial charge in [0.05, 0.1) is 11.6 Å². The molecule has 21 heavy (non-hydrogen) atoms. The molecule has 6 nitrogen and oxygen atoms in total. The first kappa shape index (κ1) is 17.6. The Kier molecular flexibility index (Phi) is 6.74. The van der Waals surface area contributed by atoms with E-state index < -0.39 is 18.0 Å². The minimum atomic E-state index is -0.975. The van der Waals surface area contributed by atoms with Crippen molar-refractivity contribution < 1.29 is 19.4 Å². The molecule has 1 aromatic rings. The van der Waals surface area contributed by atoms with E-state index in [0.29, 0.717) is 17.1 Å². The van der Waals surface area contributed by atoms with E-state index in [1.807, 2.05) is 0 Å². The van der Waals surface area contributed by atoms with Gasteiger partial charge in [0.1, 0.15) is 5.75 Å². The molecule has 116 valence electrons. The molecule has 1 unspecified atom stereocenters. The van der Waals surface area contributed by atoms with Crippen LogP contribution < -0.4 is 15.4 Å². The molecule has 1 rings (SSSR count). The molecular weight excluding hydrogens is 319 g/mol. The third kappa shape index (κ3) is 5.08. The van der Waals surface area contributed by atoms with Gasteiger partial charge in [0.15, 0.2) is 6.10 Å². The van der Waals surface area contributed by atoms with Crippen LogP contribution in [0.2, 0.25) is 10.0 Å². The van der Waals surface area contributed by atoms with Crippen LogP contribution in [-0.4, -0.2) is 29.7 Å². The number of carbonyl (C=O) groups excluding carboxylic acids is 2. The highest BCUT2D eigenvalue weighted by molar-refractivity contribution is 6.35. The predicted octanol–water partition coefficient (Wildman–Crippen LogP) is 2.10. The lowest BCUT2D eigenvalue weighted by molar-refractivity contribution is -0.126. The number of urea groups is 1. The molecule has 0 saturated heterocycles. The van der Waals surface area contributed by atoms with Crippen molar-refractivity contribution in [3.63, 3.8) is 0 Å². The van der Waals surface area contributed by atoms with Crippen molar-refractivity contribution in [3.8, 4) is 5.75 Å². The SMILES string of the molecule is CCNC(=O)NC(=O)C(C)Oc1c(Cl)cc(Cl)cc1CO. The number of imide groups is 1. The zero-order chi connectivity index (χ0) is 16.0. The number of hydrogen-bond donors (Lipinski definition) is 3. The van der Waals surface area contributed by atoms with Gasteiger partial charge in [-0.05, 0) is 26.0 Å². The van der Waals surface area contributed by atoms with Gasteiger partial charge < -0.3 is 15.2 Å². The number of benzene rings is 1. The van der Waals surface area contributed by atoms with Crippen molar-refractivity contribution >= 4 is 35.1 Å². The van der Waals surface area contributed by atoms with Crippen molar-refractivity contribution in [2.45, 2.75) is 26.6 Å². The summed E-state index contributed by atoms with van der Waals surface area (Å²) < 4.78 is 5.42. The number of nitrogens with one attached hydrogen (secondary N) is 2. The maximum absolute atomic E-state index is 11.8. The van der Waals surface area contributed by atoms with E-state index in [9.17, 15) is 14.7 Å². The smallest absolute Gasteiger partial charge is 0.321 e. The summed E-state index contributed by atoms with van der Waals surface area (Å²) >= 11 is 11.8. The summed E-state index contributed by atoms with van der Waals surface area (Å²) in [5.41, 5.74) is 0.352. The molecule has 0 heterocycles. The van der Waals surface area contributed by atoms with Gasteiger partial charge in [-0.3, -0.25) is 10.1 Å². The van der Waals surface area contributed by atoms with Gasteiger partial charge in [-0.25, -0.2) is 4.79 Å². The van der Waals surface area contributed by atoms with Crippen molar-refractivity contribution in [2.24, 2.45) is 0 Å². The average Bonchev–Trinajstić information content (AvgIpc) is 2.41. The number of amides is 3. The Morgan fingerprint density at radius 2 is 2.05 bits per heavy atom. The van der Waals surface area contributed by atoms with E-state index in [1.54, 1.807) is 6.92 Å². The Balaban J connectivity index is 2.81. The number of halogens is 2. The predicted molar refractivity (Wildman–Crippen MR) is 79.7 cm³/mol. The molecule has 0 radical (unpaired) electrons. The third-order valence-electron chi connectivity index (χ3n) is 2.49. The molecule has 1 aromatic carbocycles. The molecule has 0 fully saturated rings. The topological polar surface area (TPSA) is 87.7 Å². The fourth-order valence-electron chi connectivity index (χ4n) is 1.51. The Labute approximate surface area is 132 Å². The molecule has 0 bridgehead atoms. The fourth-order valence-corrected chi connectivity index (χ4v) is 2.09. The van der Waals surface area contributed by atoms with Gasteiger partial charge in [0.25, 0.3) is 5.91 Å². The number of rotatable bonds is 5. The zero-order valence-electron chi connectivity index (χ0n) is 11.6. The van der Waals surface area contributed by atoms with Crippen molar-refractivity contribution in [1.82, 2.24) is 10.6 Å². The maximum Gasteiger partial charge on any atom is 0.321 e. The van der Waals surface area contributed by atoms with Crippen LogP contribution in [0.3, 0.4) is 0 Å². The van der Waals surface area contributed by atoms with Crippen LogP contribution >= 0.6 is 23.2 Å². The van der Waals surface area contributed by atoms with Gasteiger partial charge >= 0.3 is 6.03 Å². The molecule has 0 spiro atoms. The zero-order valence-corrected chi connectivity index (χ0v) is 13.1. The summed E-state index contributed by atoms with van der Waals surface area (Å²) in [5, 5.41) is 14.3. The lowest BCUT2D eigenvalue weighted by Crippen LogP contribution is -2.45. The van der Waals surface area contributed by atoms with Crippen LogP contribution in [0.25, 0.3) is 0 Å². The van der Waals surface area contributed by atoms with Crippen LogP contribution in [-0.2, 0) is 11.4 Å². The number of ether oxygens (including phenoxy) is 1. The van der Waals surface area contributed by atoms with Gasteiger partial charge in [-0.15, -0.1) is 0 Å². The average molecular weight is 335 g/mol. The first-order valence-corrected chi connectivity index (χ1v) is 6.98. The normalized spacial score (nSPS) is 11.7. The standard InChI is InChI=1S/C13H16Cl2N2O4/c1-3-16-13(20)17-12(19)7(2)21-11-8(6-18)4-9(14)5-10(11)15/h4-5,7,18H,3,6H2,1-2H3,(H2,16,17,19,20). The van der Waals surface area contributed by atoms with E-state index in [-0.39, 0.29) is 17.4 Å².